The van der Waals surface area contributed by atoms with Crippen molar-refractivity contribution < 1.29 is 0 Å². The van der Waals surface area contributed by atoms with E-state index < -0.39 is 0 Å². The first-order chi connectivity index (χ1) is 4.84. The number of hydrogen-bond donors (Lipinski definition) is 0. The predicted octanol–water partition coefficient (Wildman–Crippen LogP) is 2.60. The molecule has 0 aliphatic carbocycles. The molecule has 0 fully saturated rings. The van der Waals surface area contributed by atoms with Gasteiger partial charge in [0.25, 0.3) is 0 Å². The maximum atomic E-state index is 5.39. The average molecular weight is 154 g/mol. The van der Waals surface area contributed by atoms with E-state index in [9.17, 15) is 0 Å². The number of halogens is 1. The van der Waals surface area contributed by atoms with Crippen LogP contribution in [-0.2, 0) is 0 Å². The Balaban J connectivity index is 3.03. The van der Waals surface area contributed by atoms with Crippen LogP contribution in [0.1, 0.15) is 11.3 Å². The first-order valence-corrected chi connectivity index (χ1v) is 3.46. The summed E-state index contributed by atoms with van der Waals surface area (Å²) in [4.78, 5) is 4.10. The minimum absolute atomic E-state index is 0.928. The summed E-state index contributed by atoms with van der Waals surface area (Å²) >= 11 is 5.39. The molecule has 0 N–H and O–H groups in total. The summed E-state index contributed by atoms with van der Waals surface area (Å²) in [5.41, 5.74) is 3.53. The third-order valence-electron chi connectivity index (χ3n) is 1.27. The van der Waals surface area contributed by atoms with Gasteiger partial charge in [-0.05, 0) is 24.6 Å². The van der Waals surface area contributed by atoms with Gasteiger partial charge >= 0.3 is 0 Å². The van der Waals surface area contributed by atoms with E-state index in [2.05, 4.69) is 4.98 Å². The van der Waals surface area contributed by atoms with Crippen LogP contribution in [0.4, 0.5) is 0 Å². The van der Waals surface area contributed by atoms with Gasteiger partial charge < -0.3 is 0 Å². The van der Waals surface area contributed by atoms with Gasteiger partial charge in [0.2, 0.25) is 0 Å². The van der Waals surface area contributed by atoms with Crippen molar-refractivity contribution in [3.63, 3.8) is 0 Å². The van der Waals surface area contributed by atoms with Gasteiger partial charge in [-0.15, -0.1) is 0 Å². The van der Waals surface area contributed by atoms with Crippen LogP contribution in [0.2, 0.25) is 0 Å². The van der Waals surface area contributed by atoms with Crippen molar-refractivity contribution in [3.05, 3.63) is 35.1 Å². The zero-order valence-electron chi connectivity index (χ0n) is 5.71. The predicted molar refractivity (Wildman–Crippen MR) is 43.9 cm³/mol. The Bertz CT molecular complexity index is 243. The number of rotatable bonds is 1. The minimum Gasteiger partial charge on any atom is -0.257 e. The molecule has 1 heterocycles. The smallest absolute Gasteiger partial charge is 0.0667 e. The Hall–Kier alpha value is -0.820. The van der Waals surface area contributed by atoms with Gasteiger partial charge in [-0.25, -0.2) is 0 Å². The van der Waals surface area contributed by atoms with Crippen molar-refractivity contribution in [2.45, 2.75) is 6.92 Å². The summed E-state index contributed by atoms with van der Waals surface area (Å²) < 4.78 is 0. The van der Waals surface area contributed by atoms with Gasteiger partial charge in [0, 0.05) is 11.7 Å². The molecule has 0 aromatic carbocycles. The van der Waals surface area contributed by atoms with E-state index >= 15 is 0 Å². The Morgan fingerprint density at radius 3 is 3.00 bits per heavy atom. The highest BCUT2D eigenvalue weighted by molar-refractivity contribution is 6.27. The lowest BCUT2D eigenvalue weighted by molar-refractivity contribution is 1.24. The van der Waals surface area contributed by atoms with E-state index in [1.807, 2.05) is 19.1 Å². The third-order valence-corrected chi connectivity index (χ3v) is 1.40. The Morgan fingerprint density at radius 2 is 2.40 bits per heavy atom. The van der Waals surface area contributed by atoms with E-state index in [-0.39, 0.29) is 0 Å². The zero-order chi connectivity index (χ0) is 7.40. The van der Waals surface area contributed by atoms with Gasteiger partial charge in [0.05, 0.1) is 5.69 Å². The molecule has 0 spiro atoms. The molecule has 1 nitrogen and oxygen atoms in total. The molecule has 52 valence electrons. The van der Waals surface area contributed by atoms with Crippen molar-refractivity contribution in [1.29, 1.82) is 0 Å². The fourth-order valence-corrected chi connectivity index (χ4v) is 0.851. The maximum absolute atomic E-state index is 5.39. The molecular weight excluding hydrogens is 146 g/mol. The molecule has 0 saturated heterocycles. The second-order valence-corrected chi connectivity index (χ2v) is 2.25. The highest BCUT2D eigenvalue weighted by Crippen LogP contribution is 2.04. The normalized spacial score (nSPS) is 10.6. The largest absolute Gasteiger partial charge is 0.257 e. The van der Waals surface area contributed by atoms with Crippen molar-refractivity contribution >= 4 is 17.7 Å². The van der Waals surface area contributed by atoms with E-state index in [4.69, 9.17) is 11.6 Å². The van der Waals surface area contributed by atoms with Crippen molar-refractivity contribution in [2.24, 2.45) is 0 Å². The SMILES string of the molecule is Cc1cccnc1C=CCl. The first-order valence-electron chi connectivity index (χ1n) is 3.03. The van der Waals surface area contributed by atoms with Gasteiger partial charge in [0.1, 0.15) is 0 Å². The Kier molecular flexibility index (Phi) is 2.46. The number of aromatic nitrogens is 1. The van der Waals surface area contributed by atoms with Crippen LogP contribution in [0.3, 0.4) is 0 Å². The van der Waals surface area contributed by atoms with Crippen LogP contribution >= 0.6 is 11.6 Å². The van der Waals surface area contributed by atoms with Crippen LogP contribution in [0, 0.1) is 6.92 Å². The summed E-state index contributed by atoms with van der Waals surface area (Å²) in [6.45, 7) is 2.00. The maximum Gasteiger partial charge on any atom is 0.0667 e. The van der Waals surface area contributed by atoms with Gasteiger partial charge in [0.15, 0.2) is 0 Å². The number of nitrogens with zero attached hydrogens (tertiary/aromatic N) is 1. The fourth-order valence-electron chi connectivity index (χ4n) is 0.732. The Morgan fingerprint density at radius 1 is 1.60 bits per heavy atom. The molecule has 1 aromatic rings. The van der Waals surface area contributed by atoms with E-state index in [1.54, 1.807) is 12.3 Å². The van der Waals surface area contributed by atoms with Crippen molar-refractivity contribution in [1.82, 2.24) is 4.98 Å². The summed E-state index contributed by atoms with van der Waals surface area (Å²) in [6.07, 6.45) is 3.52. The molecule has 0 amide bonds. The second kappa shape index (κ2) is 3.37. The molecule has 0 unspecified atom stereocenters. The standard InChI is InChI=1S/C8H8ClN/c1-7-3-2-6-10-8(7)4-5-9/h2-6H,1H3. The summed E-state index contributed by atoms with van der Waals surface area (Å²) in [5, 5.41) is 0. The van der Waals surface area contributed by atoms with Gasteiger partial charge in [-0.3, -0.25) is 4.98 Å². The molecule has 0 saturated carbocycles. The average Bonchev–Trinajstić information content (AvgIpc) is 1.94. The number of pyridine rings is 1. The van der Waals surface area contributed by atoms with E-state index in [0.29, 0.717) is 0 Å². The van der Waals surface area contributed by atoms with Crippen molar-refractivity contribution in [3.8, 4) is 0 Å². The zero-order valence-corrected chi connectivity index (χ0v) is 6.47. The Labute approximate surface area is 65.4 Å². The quantitative estimate of drug-likeness (QED) is 0.605. The monoisotopic (exact) mass is 153 g/mol. The minimum atomic E-state index is 0.928. The molecule has 0 atom stereocenters. The summed E-state index contributed by atoms with van der Waals surface area (Å²) in [5.74, 6) is 0. The van der Waals surface area contributed by atoms with Crippen molar-refractivity contribution in [2.75, 3.05) is 0 Å². The van der Waals surface area contributed by atoms with E-state index in [0.717, 1.165) is 11.3 Å². The van der Waals surface area contributed by atoms with Crippen LogP contribution < -0.4 is 0 Å². The number of hydrogen-bond acceptors (Lipinski definition) is 1. The molecule has 0 radical (unpaired) electrons. The lowest BCUT2D eigenvalue weighted by Gasteiger charge is -1.94. The first kappa shape index (κ1) is 7.29. The van der Waals surface area contributed by atoms with E-state index in [1.165, 1.54) is 5.54 Å². The van der Waals surface area contributed by atoms with Crippen LogP contribution in [0.25, 0.3) is 6.08 Å². The second-order valence-electron chi connectivity index (χ2n) is 2.00. The van der Waals surface area contributed by atoms with Gasteiger partial charge in [-0.2, -0.15) is 0 Å². The molecule has 1 aromatic heterocycles. The molecule has 0 bridgehead atoms. The molecule has 0 aliphatic rings. The molecule has 1 rings (SSSR count). The topological polar surface area (TPSA) is 12.9 Å². The lowest BCUT2D eigenvalue weighted by atomic mass is 10.2. The highest BCUT2D eigenvalue weighted by Gasteiger charge is 1.90. The molecular formula is C8H8ClN. The third kappa shape index (κ3) is 1.58. The van der Waals surface area contributed by atoms with Gasteiger partial charge in [-0.1, -0.05) is 17.7 Å². The lowest BCUT2D eigenvalue weighted by Crippen LogP contribution is -1.82. The molecule has 0 aliphatic heterocycles. The molecule has 10 heavy (non-hydrogen) atoms. The highest BCUT2D eigenvalue weighted by atomic mass is 35.5. The number of aryl methyl sites for hydroxylation is 1. The van der Waals surface area contributed by atoms with Crippen LogP contribution in [0.15, 0.2) is 23.9 Å². The summed E-state index contributed by atoms with van der Waals surface area (Å²) in [7, 11) is 0. The summed E-state index contributed by atoms with van der Waals surface area (Å²) in [6, 6.07) is 3.90. The van der Waals surface area contributed by atoms with Crippen LogP contribution in [0.5, 0.6) is 0 Å². The van der Waals surface area contributed by atoms with Crippen LogP contribution in [-0.4, -0.2) is 4.98 Å². The molecule has 2 heteroatoms. The fraction of sp³-hybridized carbons (Fsp3) is 0.125.